The third-order valence-electron chi connectivity index (χ3n) is 6.95. The number of nitrogens with two attached hydrogens (primary N) is 1. The second-order valence-corrected chi connectivity index (χ2v) is 11.3. The molecule has 0 saturated carbocycles. The van der Waals surface area contributed by atoms with Crippen molar-refractivity contribution in [2.75, 3.05) is 26.2 Å². The Hall–Kier alpha value is -4.29. The summed E-state index contributed by atoms with van der Waals surface area (Å²) in [7, 11) is 0. The van der Waals surface area contributed by atoms with Crippen LogP contribution in [0.1, 0.15) is 44.5 Å². The number of halogens is 2. The molecule has 12 heteroatoms. The van der Waals surface area contributed by atoms with Crippen molar-refractivity contribution in [2.24, 2.45) is 11.1 Å². The molecule has 0 saturated heterocycles. The number of nitrogens with zero attached hydrogens (tertiary/aromatic N) is 2. The molecule has 0 bridgehead atoms. The Morgan fingerprint density at radius 2 is 1.77 bits per heavy atom. The fraction of sp³-hybridized carbons (Fsp3) is 0.387. The monoisotopic (exact) mass is 599 g/mol. The molecule has 3 aromatic rings. The van der Waals surface area contributed by atoms with Gasteiger partial charge in [0.2, 0.25) is 11.8 Å². The molecule has 0 aliphatic carbocycles. The normalized spacial score (nSPS) is 12.8. The molecule has 232 valence electrons. The van der Waals surface area contributed by atoms with E-state index in [1.165, 1.54) is 4.90 Å². The lowest BCUT2D eigenvalue weighted by Gasteiger charge is -2.41. The van der Waals surface area contributed by atoms with E-state index in [9.17, 15) is 33.4 Å². The molecule has 0 fully saturated rings. The standard InChI is InChI=1S/C31H39F2N5O5/c1-31(2,3)28(38(27(40)19-39)14-11-25(36-30(42)43)29(41)35-13-12-34)26-15-21(23-16-22(32)9-10-24(23)33)18-37(26)17-20-7-5-4-6-8-20/h4-10,15-16,18,25,28,36,39H,11-14,17,19,34H2,1-3H3,(H,35,41)(H,42,43)/t25-,28-/m0/s1. The van der Waals surface area contributed by atoms with E-state index in [-0.39, 0.29) is 31.6 Å². The molecule has 10 nitrogen and oxygen atoms in total. The second kappa shape index (κ2) is 14.7. The topological polar surface area (TPSA) is 150 Å². The summed E-state index contributed by atoms with van der Waals surface area (Å²) in [5.41, 5.74) is 6.72. The predicted molar refractivity (Wildman–Crippen MR) is 158 cm³/mol. The van der Waals surface area contributed by atoms with Gasteiger partial charge < -0.3 is 36.0 Å². The van der Waals surface area contributed by atoms with Crippen LogP contribution in [-0.4, -0.2) is 69.9 Å². The van der Waals surface area contributed by atoms with Crippen molar-refractivity contribution >= 4 is 17.9 Å². The number of amides is 3. The van der Waals surface area contributed by atoms with Gasteiger partial charge in [0.1, 0.15) is 24.3 Å². The third kappa shape index (κ3) is 8.85. The van der Waals surface area contributed by atoms with E-state index < -0.39 is 53.6 Å². The minimum absolute atomic E-state index is 0.0445. The van der Waals surface area contributed by atoms with Gasteiger partial charge in [-0.15, -0.1) is 0 Å². The van der Waals surface area contributed by atoms with E-state index in [4.69, 9.17) is 5.73 Å². The van der Waals surface area contributed by atoms with Crippen molar-refractivity contribution in [3.63, 3.8) is 0 Å². The summed E-state index contributed by atoms with van der Waals surface area (Å²) in [6.45, 7) is 5.34. The van der Waals surface area contributed by atoms with Crippen molar-refractivity contribution in [3.05, 3.63) is 83.7 Å². The van der Waals surface area contributed by atoms with Crippen LogP contribution in [-0.2, 0) is 16.1 Å². The number of benzene rings is 2. The van der Waals surface area contributed by atoms with Crippen LogP contribution in [0.3, 0.4) is 0 Å². The number of carboxylic acid groups (broad SMARTS) is 1. The van der Waals surface area contributed by atoms with Crippen LogP contribution in [0.15, 0.2) is 60.8 Å². The van der Waals surface area contributed by atoms with Crippen LogP contribution >= 0.6 is 0 Å². The smallest absolute Gasteiger partial charge is 0.405 e. The highest BCUT2D eigenvalue weighted by atomic mass is 19.1. The molecular weight excluding hydrogens is 560 g/mol. The van der Waals surface area contributed by atoms with Gasteiger partial charge >= 0.3 is 6.09 Å². The molecule has 2 aromatic carbocycles. The van der Waals surface area contributed by atoms with Gasteiger partial charge in [-0.3, -0.25) is 9.59 Å². The van der Waals surface area contributed by atoms with Crippen molar-refractivity contribution in [3.8, 4) is 11.1 Å². The summed E-state index contributed by atoms with van der Waals surface area (Å²) >= 11 is 0. The summed E-state index contributed by atoms with van der Waals surface area (Å²) in [6.07, 6.45) is 0.167. The predicted octanol–water partition coefficient (Wildman–Crippen LogP) is 3.49. The Kier molecular flexibility index (Phi) is 11.4. The molecular formula is C31H39F2N5O5. The number of nitrogens with one attached hydrogen (secondary N) is 2. The van der Waals surface area contributed by atoms with E-state index in [0.29, 0.717) is 17.8 Å². The number of carbonyl (C=O) groups excluding carboxylic acids is 2. The Morgan fingerprint density at radius 3 is 2.37 bits per heavy atom. The highest BCUT2D eigenvalue weighted by molar-refractivity contribution is 5.85. The minimum Gasteiger partial charge on any atom is -0.465 e. The Balaban J connectivity index is 2.13. The number of aliphatic hydroxyl groups excluding tert-OH is 1. The average molecular weight is 600 g/mol. The SMILES string of the molecule is CC(C)(C)[C@H](c1cc(-c2cc(F)ccc2F)cn1Cc1ccccc1)N(CC[C@H](NC(=O)O)C(=O)NCCN)C(=O)CO. The van der Waals surface area contributed by atoms with Gasteiger partial charge in [-0.25, -0.2) is 13.6 Å². The van der Waals surface area contributed by atoms with E-state index in [0.717, 1.165) is 23.8 Å². The summed E-state index contributed by atoms with van der Waals surface area (Å²) < 4.78 is 30.9. The van der Waals surface area contributed by atoms with Crippen LogP contribution in [0.4, 0.5) is 13.6 Å². The van der Waals surface area contributed by atoms with Gasteiger partial charge in [-0.2, -0.15) is 0 Å². The van der Waals surface area contributed by atoms with Gasteiger partial charge in [0.25, 0.3) is 0 Å². The first kappa shape index (κ1) is 33.2. The zero-order chi connectivity index (χ0) is 31.7. The first-order valence-electron chi connectivity index (χ1n) is 13.9. The van der Waals surface area contributed by atoms with E-state index in [1.807, 2.05) is 55.7 Å². The van der Waals surface area contributed by atoms with Crippen molar-refractivity contribution in [1.82, 2.24) is 20.1 Å². The fourth-order valence-corrected chi connectivity index (χ4v) is 5.11. The van der Waals surface area contributed by atoms with Gasteiger partial charge in [0.15, 0.2) is 0 Å². The number of aromatic nitrogens is 1. The van der Waals surface area contributed by atoms with Crippen molar-refractivity contribution < 1.29 is 33.4 Å². The van der Waals surface area contributed by atoms with Crippen LogP contribution in [0.5, 0.6) is 0 Å². The Bertz CT molecular complexity index is 1410. The van der Waals surface area contributed by atoms with Crippen LogP contribution in [0.25, 0.3) is 11.1 Å². The highest BCUT2D eigenvalue weighted by Gasteiger charge is 2.38. The zero-order valence-electron chi connectivity index (χ0n) is 24.5. The summed E-state index contributed by atoms with van der Waals surface area (Å²) in [6, 6.07) is 12.4. The molecule has 1 aromatic heterocycles. The number of aliphatic hydroxyl groups is 1. The number of hydrogen-bond donors (Lipinski definition) is 5. The highest BCUT2D eigenvalue weighted by Crippen LogP contribution is 2.41. The first-order valence-corrected chi connectivity index (χ1v) is 13.9. The lowest BCUT2D eigenvalue weighted by Crippen LogP contribution is -2.50. The quantitative estimate of drug-likeness (QED) is 0.203. The maximum Gasteiger partial charge on any atom is 0.405 e. The van der Waals surface area contributed by atoms with E-state index in [1.54, 1.807) is 12.3 Å². The van der Waals surface area contributed by atoms with Crippen LogP contribution < -0.4 is 16.4 Å². The molecule has 3 rings (SSSR count). The lowest BCUT2D eigenvalue weighted by molar-refractivity contribution is -0.140. The van der Waals surface area contributed by atoms with Crippen molar-refractivity contribution in [1.29, 1.82) is 0 Å². The molecule has 43 heavy (non-hydrogen) atoms. The largest absolute Gasteiger partial charge is 0.465 e. The Morgan fingerprint density at radius 1 is 1.07 bits per heavy atom. The number of carbonyl (C=O) groups is 3. The molecule has 0 spiro atoms. The number of rotatable bonds is 13. The van der Waals surface area contributed by atoms with Crippen LogP contribution in [0, 0.1) is 17.0 Å². The van der Waals surface area contributed by atoms with Gasteiger partial charge in [-0.1, -0.05) is 51.1 Å². The van der Waals surface area contributed by atoms with Gasteiger partial charge in [-0.05, 0) is 41.7 Å². The lowest BCUT2D eigenvalue weighted by atomic mass is 9.82. The molecule has 1 heterocycles. The minimum atomic E-state index is -1.42. The first-order chi connectivity index (χ1) is 20.3. The molecule has 0 radical (unpaired) electrons. The van der Waals surface area contributed by atoms with Gasteiger partial charge in [0.05, 0.1) is 6.04 Å². The second-order valence-electron chi connectivity index (χ2n) is 11.3. The van der Waals surface area contributed by atoms with E-state index in [2.05, 4.69) is 10.6 Å². The fourth-order valence-electron chi connectivity index (χ4n) is 5.11. The summed E-state index contributed by atoms with van der Waals surface area (Å²) in [5, 5.41) is 24.0. The molecule has 0 unspecified atom stereocenters. The van der Waals surface area contributed by atoms with Crippen molar-refractivity contribution in [2.45, 2.75) is 45.8 Å². The van der Waals surface area contributed by atoms with Gasteiger partial charge in [0, 0.05) is 49.2 Å². The number of hydrogen-bond acceptors (Lipinski definition) is 5. The molecule has 2 atom stereocenters. The summed E-state index contributed by atoms with van der Waals surface area (Å²) in [4.78, 5) is 38.8. The molecule has 3 amide bonds. The zero-order valence-corrected chi connectivity index (χ0v) is 24.5. The maximum absolute atomic E-state index is 14.9. The molecule has 0 aliphatic rings. The molecule has 6 N–H and O–H groups in total. The Labute approximate surface area is 249 Å². The maximum atomic E-state index is 14.9. The summed E-state index contributed by atoms with van der Waals surface area (Å²) in [5.74, 6) is -2.48. The van der Waals surface area contributed by atoms with Crippen LogP contribution in [0.2, 0.25) is 0 Å². The third-order valence-corrected chi connectivity index (χ3v) is 6.95. The van der Waals surface area contributed by atoms with E-state index >= 15 is 0 Å². The average Bonchev–Trinajstić information content (AvgIpc) is 3.35. The molecule has 0 aliphatic heterocycles.